The van der Waals surface area contributed by atoms with E-state index < -0.39 is 16.1 Å². The second-order valence-electron chi connectivity index (χ2n) is 6.07. The van der Waals surface area contributed by atoms with Crippen LogP contribution in [0.5, 0.6) is 0 Å². The maximum atomic E-state index is 13.0. The summed E-state index contributed by atoms with van der Waals surface area (Å²) in [6.45, 7) is 7.55. The molecule has 3 rings (SSSR count). The minimum Gasteiger partial charge on any atom is -0.360 e. The number of sulfonamides is 1. The van der Waals surface area contributed by atoms with Gasteiger partial charge >= 0.3 is 0 Å². The zero-order chi connectivity index (χ0) is 16.8. The topological polar surface area (TPSA) is 102 Å². The molecule has 0 spiro atoms. The number of aryl methyl sites for hydroxylation is 2. The first kappa shape index (κ1) is 16.1. The average molecular weight is 340 g/mol. The average Bonchev–Trinajstić information content (AvgIpc) is 3.17. The van der Waals surface area contributed by atoms with E-state index in [2.05, 4.69) is 15.3 Å². The zero-order valence-electron chi connectivity index (χ0n) is 13.6. The first-order valence-electron chi connectivity index (χ1n) is 7.60. The molecule has 3 heterocycles. The highest BCUT2D eigenvalue weighted by atomic mass is 32.2. The van der Waals surface area contributed by atoms with E-state index in [0.29, 0.717) is 36.1 Å². The molecule has 0 bridgehead atoms. The van der Waals surface area contributed by atoms with Gasteiger partial charge in [-0.1, -0.05) is 24.2 Å². The Morgan fingerprint density at radius 3 is 2.52 bits per heavy atom. The molecule has 1 saturated heterocycles. The van der Waals surface area contributed by atoms with Gasteiger partial charge in [0.2, 0.25) is 15.9 Å². The Morgan fingerprint density at radius 2 is 1.96 bits per heavy atom. The van der Waals surface area contributed by atoms with Crippen molar-refractivity contribution in [1.82, 2.24) is 19.6 Å². The predicted molar refractivity (Wildman–Crippen MR) is 80.2 cm³/mol. The van der Waals surface area contributed by atoms with Crippen molar-refractivity contribution in [1.29, 1.82) is 0 Å². The van der Waals surface area contributed by atoms with E-state index in [-0.39, 0.29) is 10.8 Å². The lowest BCUT2D eigenvalue weighted by atomic mass is 10.2. The van der Waals surface area contributed by atoms with Crippen molar-refractivity contribution < 1.29 is 17.5 Å². The smallest absolute Gasteiger partial charge is 0.249 e. The van der Waals surface area contributed by atoms with Gasteiger partial charge in [0.05, 0.1) is 0 Å². The molecule has 1 fully saturated rings. The van der Waals surface area contributed by atoms with Crippen molar-refractivity contribution in [2.45, 2.75) is 57.4 Å². The molecule has 23 heavy (non-hydrogen) atoms. The fourth-order valence-electron chi connectivity index (χ4n) is 2.85. The molecule has 0 saturated carbocycles. The molecule has 126 valence electrons. The van der Waals surface area contributed by atoms with Gasteiger partial charge in [0.1, 0.15) is 16.6 Å². The summed E-state index contributed by atoms with van der Waals surface area (Å²) < 4.78 is 37.7. The van der Waals surface area contributed by atoms with Crippen LogP contribution in [-0.4, -0.2) is 34.6 Å². The molecule has 1 unspecified atom stereocenters. The zero-order valence-corrected chi connectivity index (χ0v) is 14.4. The molecule has 1 aliphatic heterocycles. The summed E-state index contributed by atoms with van der Waals surface area (Å²) in [7, 11) is -3.72. The van der Waals surface area contributed by atoms with Crippen molar-refractivity contribution in [2.75, 3.05) is 6.54 Å². The summed E-state index contributed by atoms with van der Waals surface area (Å²) in [6.07, 6.45) is 1.40. The standard InChI is InChI=1S/C14H20N4O4S/c1-8(2)13-15-14(22-17-13)11-6-5-7-18(11)23(19,20)12-9(3)16-21-10(12)4/h8,11H,5-7H2,1-4H3. The van der Waals surface area contributed by atoms with Crippen molar-refractivity contribution in [2.24, 2.45) is 0 Å². The molecular weight excluding hydrogens is 320 g/mol. The molecule has 1 aliphatic rings. The highest BCUT2D eigenvalue weighted by Gasteiger charge is 2.41. The van der Waals surface area contributed by atoms with E-state index in [1.807, 2.05) is 13.8 Å². The van der Waals surface area contributed by atoms with Gasteiger partial charge in [0, 0.05) is 12.5 Å². The number of aromatic nitrogens is 3. The molecule has 0 radical (unpaired) electrons. The van der Waals surface area contributed by atoms with Crippen LogP contribution < -0.4 is 0 Å². The molecule has 0 aliphatic carbocycles. The van der Waals surface area contributed by atoms with Crippen molar-refractivity contribution >= 4 is 10.0 Å². The van der Waals surface area contributed by atoms with Crippen LogP contribution in [0.15, 0.2) is 13.9 Å². The van der Waals surface area contributed by atoms with E-state index in [1.54, 1.807) is 13.8 Å². The molecule has 2 aromatic rings. The van der Waals surface area contributed by atoms with Crippen molar-refractivity contribution in [3.05, 3.63) is 23.2 Å². The lowest BCUT2D eigenvalue weighted by Gasteiger charge is -2.21. The normalized spacial score (nSPS) is 19.8. The minimum absolute atomic E-state index is 0.126. The van der Waals surface area contributed by atoms with Gasteiger partial charge in [-0.3, -0.25) is 0 Å². The maximum Gasteiger partial charge on any atom is 0.249 e. The third-order valence-corrected chi connectivity index (χ3v) is 6.15. The maximum absolute atomic E-state index is 13.0. The summed E-state index contributed by atoms with van der Waals surface area (Å²) in [5.41, 5.74) is 0.363. The van der Waals surface area contributed by atoms with Gasteiger partial charge in [0.25, 0.3) is 0 Å². The lowest BCUT2D eigenvalue weighted by Crippen LogP contribution is -2.31. The van der Waals surface area contributed by atoms with Crippen LogP contribution in [0.25, 0.3) is 0 Å². The summed E-state index contributed by atoms with van der Waals surface area (Å²) in [6, 6.07) is -0.436. The first-order chi connectivity index (χ1) is 10.8. The molecule has 1 atom stereocenters. The first-order valence-corrected chi connectivity index (χ1v) is 9.04. The summed E-state index contributed by atoms with van der Waals surface area (Å²) in [5.74, 6) is 1.35. The molecule has 9 heteroatoms. The Hall–Kier alpha value is -1.74. The third kappa shape index (κ3) is 2.67. The monoisotopic (exact) mass is 340 g/mol. The number of hydrogen-bond acceptors (Lipinski definition) is 7. The van der Waals surface area contributed by atoms with Gasteiger partial charge in [-0.2, -0.15) is 9.29 Å². The van der Waals surface area contributed by atoms with Crippen molar-refractivity contribution in [3.8, 4) is 0 Å². The van der Waals surface area contributed by atoms with Gasteiger partial charge in [-0.15, -0.1) is 0 Å². The van der Waals surface area contributed by atoms with E-state index in [4.69, 9.17) is 9.05 Å². The summed E-state index contributed by atoms with van der Waals surface area (Å²) in [5, 5.41) is 7.68. The fourth-order valence-corrected chi connectivity index (χ4v) is 4.80. The van der Waals surface area contributed by atoms with Gasteiger partial charge < -0.3 is 9.05 Å². The second-order valence-corrected chi connectivity index (χ2v) is 7.90. The largest absolute Gasteiger partial charge is 0.360 e. The highest BCUT2D eigenvalue weighted by molar-refractivity contribution is 7.89. The van der Waals surface area contributed by atoms with Crippen LogP contribution in [0.2, 0.25) is 0 Å². The quantitative estimate of drug-likeness (QED) is 0.841. The van der Waals surface area contributed by atoms with E-state index in [1.165, 1.54) is 4.31 Å². The Bertz CT molecular complexity index is 789. The Morgan fingerprint density at radius 1 is 1.22 bits per heavy atom. The van der Waals surface area contributed by atoms with Gasteiger partial charge in [0.15, 0.2) is 11.6 Å². The van der Waals surface area contributed by atoms with Crippen LogP contribution in [0.1, 0.15) is 61.8 Å². The summed E-state index contributed by atoms with van der Waals surface area (Å²) in [4.78, 5) is 4.49. The fraction of sp³-hybridized carbons (Fsp3) is 0.643. The molecule has 2 aromatic heterocycles. The lowest BCUT2D eigenvalue weighted by molar-refractivity contribution is 0.288. The highest BCUT2D eigenvalue weighted by Crippen LogP contribution is 2.37. The molecular formula is C14H20N4O4S. The van der Waals surface area contributed by atoms with E-state index in [9.17, 15) is 8.42 Å². The Kier molecular flexibility index (Phi) is 4.01. The Balaban J connectivity index is 1.98. The number of nitrogens with zero attached hydrogens (tertiary/aromatic N) is 4. The van der Waals surface area contributed by atoms with Gasteiger partial charge in [-0.05, 0) is 26.7 Å². The summed E-state index contributed by atoms with van der Waals surface area (Å²) >= 11 is 0. The minimum atomic E-state index is -3.72. The molecule has 0 aromatic carbocycles. The van der Waals surface area contributed by atoms with Crippen LogP contribution in [0.4, 0.5) is 0 Å². The number of rotatable bonds is 4. The van der Waals surface area contributed by atoms with E-state index in [0.717, 1.165) is 6.42 Å². The third-order valence-electron chi connectivity index (χ3n) is 4.00. The van der Waals surface area contributed by atoms with Crippen LogP contribution in [-0.2, 0) is 10.0 Å². The predicted octanol–water partition coefficient (Wildman–Crippen LogP) is 2.32. The Labute approximate surface area is 134 Å². The van der Waals surface area contributed by atoms with Gasteiger partial charge in [-0.25, -0.2) is 8.42 Å². The molecule has 8 nitrogen and oxygen atoms in total. The van der Waals surface area contributed by atoms with E-state index >= 15 is 0 Å². The molecule has 0 N–H and O–H groups in total. The number of hydrogen-bond donors (Lipinski definition) is 0. The SMILES string of the molecule is Cc1noc(C)c1S(=O)(=O)N1CCCC1c1nc(C(C)C)no1. The second kappa shape index (κ2) is 5.72. The molecule has 0 amide bonds. The van der Waals surface area contributed by atoms with Crippen molar-refractivity contribution in [3.63, 3.8) is 0 Å². The van der Waals surface area contributed by atoms with Crippen LogP contribution in [0, 0.1) is 13.8 Å². The van der Waals surface area contributed by atoms with Crippen LogP contribution in [0.3, 0.4) is 0 Å². The van der Waals surface area contributed by atoms with Crippen LogP contribution >= 0.6 is 0 Å².